The van der Waals surface area contributed by atoms with Gasteiger partial charge in [0.05, 0.1) is 6.26 Å². The van der Waals surface area contributed by atoms with Crippen LogP contribution in [0.5, 0.6) is 0 Å². The third kappa shape index (κ3) is 2.06. The van der Waals surface area contributed by atoms with E-state index in [0.717, 1.165) is 5.56 Å². The summed E-state index contributed by atoms with van der Waals surface area (Å²) < 4.78 is 5.09. The summed E-state index contributed by atoms with van der Waals surface area (Å²) in [6.45, 7) is 1.82. The van der Waals surface area contributed by atoms with Crippen LogP contribution in [0.3, 0.4) is 0 Å². The Hall–Kier alpha value is -2.23. The fourth-order valence-corrected chi connectivity index (χ4v) is 1.41. The van der Waals surface area contributed by atoms with Gasteiger partial charge in [0, 0.05) is 16.9 Å². The van der Waals surface area contributed by atoms with Gasteiger partial charge in [-0.25, -0.2) is 0 Å². The summed E-state index contributed by atoms with van der Waals surface area (Å²) in [4.78, 5) is 11.8. The molecule has 0 fully saturated rings. The number of benzene rings is 1. The number of amides is 1. The first-order chi connectivity index (χ1) is 7.66. The molecule has 0 atom stereocenters. The molecule has 0 aliphatic rings. The molecule has 0 spiro atoms. The number of hydrogen-bond donors (Lipinski definition) is 2. The molecule has 1 aromatic heterocycles. The van der Waals surface area contributed by atoms with Crippen LogP contribution >= 0.6 is 0 Å². The van der Waals surface area contributed by atoms with E-state index in [4.69, 9.17) is 10.2 Å². The zero-order valence-corrected chi connectivity index (χ0v) is 8.86. The van der Waals surface area contributed by atoms with Crippen molar-refractivity contribution in [2.75, 3.05) is 11.1 Å². The van der Waals surface area contributed by atoms with Gasteiger partial charge in [-0.1, -0.05) is 6.07 Å². The molecule has 2 rings (SSSR count). The zero-order chi connectivity index (χ0) is 11.5. The fourth-order valence-electron chi connectivity index (χ4n) is 1.41. The molecule has 4 heteroatoms. The summed E-state index contributed by atoms with van der Waals surface area (Å²) in [7, 11) is 0. The van der Waals surface area contributed by atoms with E-state index in [0.29, 0.717) is 17.1 Å². The van der Waals surface area contributed by atoms with Gasteiger partial charge in [0.25, 0.3) is 5.91 Å². The van der Waals surface area contributed by atoms with E-state index in [1.807, 2.05) is 6.92 Å². The predicted octanol–water partition coefficient (Wildman–Crippen LogP) is 2.42. The lowest BCUT2D eigenvalue weighted by Crippen LogP contribution is -2.12. The molecule has 0 saturated carbocycles. The standard InChI is InChI=1S/C12H12N2O2/c1-8-5-6-16-11(8)12(15)14-10-4-2-3-9(13)7-10/h2-7H,13H2,1H3,(H,14,15). The van der Waals surface area contributed by atoms with Gasteiger partial charge in [-0.05, 0) is 31.2 Å². The number of carbonyl (C=O) groups is 1. The second kappa shape index (κ2) is 4.10. The maximum atomic E-state index is 11.8. The number of rotatable bonds is 2. The highest BCUT2D eigenvalue weighted by Gasteiger charge is 2.12. The van der Waals surface area contributed by atoms with Crippen LogP contribution in [0.2, 0.25) is 0 Å². The van der Waals surface area contributed by atoms with Crippen molar-refractivity contribution in [3.05, 3.63) is 47.9 Å². The van der Waals surface area contributed by atoms with Crippen molar-refractivity contribution in [3.63, 3.8) is 0 Å². The Morgan fingerprint density at radius 3 is 2.81 bits per heavy atom. The smallest absolute Gasteiger partial charge is 0.291 e. The lowest BCUT2D eigenvalue weighted by Gasteiger charge is -2.04. The number of furan rings is 1. The Balaban J connectivity index is 2.17. The molecule has 0 aliphatic carbocycles. The highest BCUT2D eigenvalue weighted by atomic mass is 16.3. The van der Waals surface area contributed by atoms with E-state index < -0.39 is 0 Å². The lowest BCUT2D eigenvalue weighted by atomic mass is 10.2. The third-order valence-corrected chi connectivity index (χ3v) is 2.21. The summed E-state index contributed by atoms with van der Waals surface area (Å²) in [5.74, 6) is 0.0514. The highest BCUT2D eigenvalue weighted by Crippen LogP contribution is 2.15. The van der Waals surface area contributed by atoms with Crippen LogP contribution < -0.4 is 11.1 Å². The number of carbonyl (C=O) groups excluding carboxylic acids is 1. The zero-order valence-electron chi connectivity index (χ0n) is 8.86. The molecule has 3 N–H and O–H groups in total. The Bertz CT molecular complexity index is 517. The normalized spacial score (nSPS) is 10.1. The molecule has 4 nitrogen and oxygen atoms in total. The van der Waals surface area contributed by atoms with Crippen LogP contribution in [0.25, 0.3) is 0 Å². The van der Waals surface area contributed by atoms with Crippen LogP contribution in [-0.4, -0.2) is 5.91 Å². The first-order valence-corrected chi connectivity index (χ1v) is 4.88. The maximum absolute atomic E-state index is 11.8. The van der Waals surface area contributed by atoms with Crippen LogP contribution in [-0.2, 0) is 0 Å². The molecular weight excluding hydrogens is 204 g/mol. The quantitative estimate of drug-likeness (QED) is 0.757. The number of nitrogens with two attached hydrogens (primary N) is 1. The minimum Gasteiger partial charge on any atom is -0.459 e. The molecule has 1 amide bonds. The van der Waals surface area contributed by atoms with Crippen molar-refractivity contribution in [3.8, 4) is 0 Å². The molecule has 0 aliphatic heterocycles. The second-order valence-electron chi connectivity index (χ2n) is 3.51. The van der Waals surface area contributed by atoms with Gasteiger partial charge >= 0.3 is 0 Å². The Labute approximate surface area is 93.1 Å². The first kappa shape index (κ1) is 10.3. The van der Waals surface area contributed by atoms with E-state index in [2.05, 4.69) is 5.32 Å². The van der Waals surface area contributed by atoms with E-state index in [1.165, 1.54) is 6.26 Å². The van der Waals surface area contributed by atoms with Crippen LogP contribution in [0.4, 0.5) is 11.4 Å². The minimum atomic E-state index is -0.270. The van der Waals surface area contributed by atoms with Gasteiger partial charge in [0.1, 0.15) is 0 Å². The summed E-state index contributed by atoms with van der Waals surface area (Å²) in [5.41, 5.74) is 7.67. The van der Waals surface area contributed by atoms with Gasteiger partial charge in [-0.2, -0.15) is 0 Å². The van der Waals surface area contributed by atoms with Crippen LogP contribution in [0, 0.1) is 6.92 Å². The molecule has 16 heavy (non-hydrogen) atoms. The molecule has 2 aromatic rings. The van der Waals surface area contributed by atoms with Gasteiger partial charge in [-0.15, -0.1) is 0 Å². The van der Waals surface area contributed by atoms with Crippen molar-refractivity contribution in [2.24, 2.45) is 0 Å². The van der Waals surface area contributed by atoms with Crippen LogP contribution in [0.1, 0.15) is 16.1 Å². The fraction of sp³-hybridized carbons (Fsp3) is 0.0833. The predicted molar refractivity (Wildman–Crippen MR) is 62.3 cm³/mol. The van der Waals surface area contributed by atoms with Crippen LogP contribution in [0.15, 0.2) is 41.0 Å². The number of aryl methyl sites for hydroxylation is 1. The van der Waals surface area contributed by atoms with Gasteiger partial charge in [0.2, 0.25) is 0 Å². The van der Waals surface area contributed by atoms with Crippen molar-refractivity contribution in [1.82, 2.24) is 0 Å². The Morgan fingerprint density at radius 2 is 2.19 bits per heavy atom. The van der Waals surface area contributed by atoms with Crippen molar-refractivity contribution >= 4 is 17.3 Å². The Kier molecular flexibility index (Phi) is 2.64. The SMILES string of the molecule is Cc1ccoc1C(=O)Nc1cccc(N)c1. The summed E-state index contributed by atoms with van der Waals surface area (Å²) in [5, 5.41) is 2.71. The van der Waals surface area contributed by atoms with E-state index >= 15 is 0 Å². The topological polar surface area (TPSA) is 68.3 Å². The third-order valence-electron chi connectivity index (χ3n) is 2.21. The van der Waals surface area contributed by atoms with E-state index in [9.17, 15) is 4.79 Å². The average molecular weight is 216 g/mol. The molecule has 1 heterocycles. The molecule has 1 aromatic carbocycles. The summed E-state index contributed by atoms with van der Waals surface area (Å²) >= 11 is 0. The van der Waals surface area contributed by atoms with Gasteiger partial charge < -0.3 is 15.5 Å². The van der Waals surface area contributed by atoms with Crippen molar-refractivity contribution < 1.29 is 9.21 Å². The largest absolute Gasteiger partial charge is 0.459 e. The Morgan fingerprint density at radius 1 is 1.38 bits per heavy atom. The molecule has 0 bridgehead atoms. The number of nitrogens with one attached hydrogen (secondary N) is 1. The van der Waals surface area contributed by atoms with Gasteiger partial charge in [0.15, 0.2) is 5.76 Å². The van der Waals surface area contributed by atoms with Crippen molar-refractivity contribution in [2.45, 2.75) is 6.92 Å². The molecule has 82 valence electrons. The number of anilines is 2. The number of hydrogen-bond acceptors (Lipinski definition) is 3. The lowest BCUT2D eigenvalue weighted by molar-refractivity contribution is 0.0996. The maximum Gasteiger partial charge on any atom is 0.291 e. The first-order valence-electron chi connectivity index (χ1n) is 4.88. The summed E-state index contributed by atoms with van der Waals surface area (Å²) in [6, 6.07) is 8.74. The molecule has 0 saturated heterocycles. The molecule has 0 unspecified atom stereocenters. The molecular formula is C12H12N2O2. The minimum absolute atomic E-state index is 0.270. The number of nitrogen functional groups attached to an aromatic ring is 1. The summed E-state index contributed by atoms with van der Waals surface area (Å²) in [6.07, 6.45) is 1.49. The monoisotopic (exact) mass is 216 g/mol. The highest BCUT2D eigenvalue weighted by molar-refractivity contribution is 6.03. The van der Waals surface area contributed by atoms with Gasteiger partial charge in [-0.3, -0.25) is 4.79 Å². The molecule has 0 radical (unpaired) electrons. The second-order valence-corrected chi connectivity index (χ2v) is 3.51. The van der Waals surface area contributed by atoms with Crippen molar-refractivity contribution in [1.29, 1.82) is 0 Å². The van der Waals surface area contributed by atoms with E-state index in [-0.39, 0.29) is 5.91 Å². The average Bonchev–Trinajstić information content (AvgIpc) is 2.64. The van der Waals surface area contributed by atoms with E-state index in [1.54, 1.807) is 30.3 Å².